The molecule has 0 aliphatic heterocycles. The molecule has 0 saturated heterocycles. The molecule has 4 rings (SSSR count). The molecule has 1 aliphatic carbocycles. The second-order valence-corrected chi connectivity index (χ2v) is 8.52. The van der Waals surface area contributed by atoms with Crippen molar-refractivity contribution in [2.24, 2.45) is 0 Å². The van der Waals surface area contributed by atoms with Crippen molar-refractivity contribution in [3.05, 3.63) is 71.8 Å². The van der Waals surface area contributed by atoms with E-state index < -0.39 is 17.8 Å². The number of rotatable bonds is 7. The number of carbonyl (C=O) groups is 2. The number of aromatic nitrogens is 2. The van der Waals surface area contributed by atoms with Crippen LogP contribution < -0.4 is 15.0 Å². The van der Waals surface area contributed by atoms with Crippen LogP contribution in [0.15, 0.2) is 54.7 Å². The molecule has 1 N–H and O–H groups in total. The summed E-state index contributed by atoms with van der Waals surface area (Å²) in [4.78, 5) is 28.7. The molecule has 1 aliphatic rings. The number of carbonyl (C=O) groups excluding carboxylic acids is 2. The van der Waals surface area contributed by atoms with E-state index in [1.54, 1.807) is 24.3 Å². The molecule has 1 fully saturated rings. The largest absolute Gasteiger partial charge is 0.497 e. The Balaban J connectivity index is 1.79. The van der Waals surface area contributed by atoms with Gasteiger partial charge in [0.05, 0.1) is 25.0 Å². The molecule has 7 nitrogen and oxygen atoms in total. The molecule has 3 aromatic rings. The molecule has 0 unspecified atom stereocenters. The number of methoxy groups -OCH3 is 1. The Labute approximate surface area is 195 Å². The van der Waals surface area contributed by atoms with E-state index >= 15 is 0 Å². The lowest BCUT2D eigenvalue weighted by Crippen LogP contribution is -2.47. The predicted octanol–water partition coefficient (Wildman–Crippen LogP) is 4.52. The number of amides is 2. The highest BCUT2D eigenvalue weighted by molar-refractivity contribution is 6.99. The third-order valence-electron chi connectivity index (χ3n) is 5.77. The molecule has 172 valence electrons. The van der Waals surface area contributed by atoms with E-state index in [1.165, 1.54) is 42.5 Å². The Morgan fingerprint density at radius 2 is 1.91 bits per heavy atom. The van der Waals surface area contributed by atoms with Crippen LogP contribution in [0.25, 0.3) is 0 Å². The lowest BCUT2D eigenvalue weighted by atomic mass is 9.94. The number of halogens is 1. The van der Waals surface area contributed by atoms with Crippen LogP contribution in [0, 0.1) is 5.82 Å². The Morgan fingerprint density at radius 1 is 1.15 bits per heavy atom. The van der Waals surface area contributed by atoms with Gasteiger partial charge >= 0.3 is 0 Å². The Bertz CT molecular complexity index is 1090. The number of ether oxygens (including phenoxy) is 1. The topological polar surface area (TPSA) is 84.4 Å². The van der Waals surface area contributed by atoms with Crippen LogP contribution in [-0.2, 0) is 4.79 Å². The van der Waals surface area contributed by atoms with Gasteiger partial charge in [0.1, 0.15) is 17.6 Å². The minimum atomic E-state index is -1.03. The molecule has 0 radical (unpaired) electrons. The minimum absolute atomic E-state index is 0.0393. The van der Waals surface area contributed by atoms with E-state index in [1.807, 2.05) is 0 Å². The average molecular weight is 469 g/mol. The molecule has 0 bridgehead atoms. The summed E-state index contributed by atoms with van der Waals surface area (Å²) in [6, 6.07) is 11.5. The number of hydrogen-bond donors (Lipinski definition) is 1. The fraction of sp³-hybridized carbons (Fsp3) is 0.333. The van der Waals surface area contributed by atoms with Crippen LogP contribution in [0.4, 0.5) is 10.1 Å². The van der Waals surface area contributed by atoms with E-state index in [0.29, 0.717) is 17.0 Å². The standard InChI is InChI=1S/C24H25FN4O3S/c1-32-20-9-5-8-19(14-20)29(24(31)21-15-26-33-28-21)22(16-10-12-17(25)13-11-16)23(30)27-18-6-3-2-4-7-18/h5,8-15,18,22H,2-4,6-7H2,1H3,(H,27,30)/t22-/m0/s1. The molecule has 1 saturated carbocycles. The summed E-state index contributed by atoms with van der Waals surface area (Å²) in [5.41, 5.74) is 1.07. The summed E-state index contributed by atoms with van der Waals surface area (Å²) >= 11 is 0.912. The highest BCUT2D eigenvalue weighted by atomic mass is 32.1. The third-order valence-corrected chi connectivity index (χ3v) is 6.25. The average Bonchev–Trinajstić information content (AvgIpc) is 3.38. The quantitative estimate of drug-likeness (QED) is 0.551. The van der Waals surface area contributed by atoms with Crippen LogP contribution in [-0.4, -0.2) is 33.7 Å². The molecule has 2 aromatic carbocycles. The summed E-state index contributed by atoms with van der Waals surface area (Å²) in [7, 11) is 1.53. The Kier molecular flexibility index (Phi) is 7.29. The van der Waals surface area contributed by atoms with Gasteiger partial charge in [-0.05, 0) is 42.7 Å². The highest BCUT2D eigenvalue weighted by Crippen LogP contribution is 2.32. The summed E-state index contributed by atoms with van der Waals surface area (Å²) < 4.78 is 27.1. The lowest BCUT2D eigenvalue weighted by molar-refractivity contribution is -0.123. The molecule has 1 heterocycles. The summed E-state index contributed by atoms with van der Waals surface area (Å²) in [5, 5.41) is 3.12. The second kappa shape index (κ2) is 10.5. The first kappa shape index (κ1) is 22.8. The SMILES string of the molecule is COc1cccc(N(C(=O)c2cnsn2)[C@H](C(=O)NC2CCCCC2)c2ccc(F)cc2)c1. The zero-order chi connectivity index (χ0) is 23.2. The van der Waals surface area contributed by atoms with Crippen LogP contribution in [0.3, 0.4) is 0 Å². The molecular weight excluding hydrogens is 443 g/mol. The smallest absolute Gasteiger partial charge is 0.280 e. The fourth-order valence-electron chi connectivity index (χ4n) is 4.12. The van der Waals surface area contributed by atoms with Gasteiger partial charge in [-0.25, -0.2) is 4.39 Å². The molecule has 1 aromatic heterocycles. The monoisotopic (exact) mass is 468 g/mol. The predicted molar refractivity (Wildman–Crippen MR) is 124 cm³/mol. The van der Waals surface area contributed by atoms with Crippen molar-refractivity contribution in [3.63, 3.8) is 0 Å². The van der Waals surface area contributed by atoms with Crippen molar-refractivity contribution in [2.45, 2.75) is 44.2 Å². The maximum Gasteiger partial charge on any atom is 0.280 e. The molecule has 2 amide bonds. The number of nitrogens with zero attached hydrogens (tertiary/aromatic N) is 3. The highest BCUT2D eigenvalue weighted by Gasteiger charge is 2.35. The van der Waals surface area contributed by atoms with Crippen molar-refractivity contribution in [2.75, 3.05) is 12.0 Å². The lowest BCUT2D eigenvalue weighted by Gasteiger charge is -2.33. The van der Waals surface area contributed by atoms with Crippen molar-refractivity contribution in [3.8, 4) is 5.75 Å². The van der Waals surface area contributed by atoms with Crippen molar-refractivity contribution >= 4 is 29.2 Å². The van der Waals surface area contributed by atoms with Gasteiger partial charge in [-0.1, -0.05) is 37.5 Å². The summed E-state index contributed by atoms with van der Waals surface area (Å²) in [6.07, 6.45) is 6.42. The van der Waals surface area contributed by atoms with Gasteiger partial charge in [-0.15, -0.1) is 0 Å². The fourth-order valence-corrected chi connectivity index (χ4v) is 4.52. The normalized spacial score (nSPS) is 15.0. The van der Waals surface area contributed by atoms with E-state index in [4.69, 9.17) is 4.74 Å². The van der Waals surface area contributed by atoms with Crippen LogP contribution >= 0.6 is 11.7 Å². The van der Waals surface area contributed by atoms with Gasteiger partial charge in [-0.3, -0.25) is 14.5 Å². The first-order chi connectivity index (χ1) is 16.1. The van der Waals surface area contributed by atoms with E-state index in [-0.39, 0.29) is 17.6 Å². The van der Waals surface area contributed by atoms with Crippen molar-refractivity contribution in [1.82, 2.24) is 14.1 Å². The Hall–Kier alpha value is -3.33. The zero-order valence-corrected chi connectivity index (χ0v) is 19.1. The molecule has 9 heteroatoms. The summed E-state index contributed by atoms with van der Waals surface area (Å²) in [5.74, 6) is -0.696. The number of anilines is 1. The number of nitrogens with one attached hydrogen (secondary N) is 1. The van der Waals surface area contributed by atoms with Crippen LogP contribution in [0.5, 0.6) is 5.75 Å². The summed E-state index contributed by atoms with van der Waals surface area (Å²) in [6.45, 7) is 0. The van der Waals surface area contributed by atoms with Crippen molar-refractivity contribution < 1.29 is 18.7 Å². The van der Waals surface area contributed by atoms with Gasteiger partial charge in [-0.2, -0.15) is 8.75 Å². The molecule has 0 spiro atoms. The van der Waals surface area contributed by atoms with Crippen LogP contribution in [0.1, 0.15) is 54.2 Å². The van der Waals surface area contributed by atoms with Gasteiger partial charge < -0.3 is 10.1 Å². The van der Waals surface area contributed by atoms with E-state index in [9.17, 15) is 14.0 Å². The molecule has 1 atom stereocenters. The van der Waals surface area contributed by atoms with Gasteiger partial charge in [0, 0.05) is 17.8 Å². The van der Waals surface area contributed by atoms with Crippen molar-refractivity contribution in [1.29, 1.82) is 0 Å². The molecular formula is C24H25FN4O3S. The van der Waals surface area contributed by atoms with Crippen LogP contribution in [0.2, 0.25) is 0 Å². The Morgan fingerprint density at radius 3 is 2.58 bits per heavy atom. The maximum atomic E-state index is 13.7. The maximum absolute atomic E-state index is 13.7. The third kappa shape index (κ3) is 5.36. The van der Waals surface area contributed by atoms with E-state index in [2.05, 4.69) is 14.1 Å². The second-order valence-electron chi connectivity index (χ2n) is 7.97. The van der Waals surface area contributed by atoms with Gasteiger partial charge in [0.2, 0.25) is 5.91 Å². The van der Waals surface area contributed by atoms with Gasteiger partial charge in [0.15, 0.2) is 5.69 Å². The van der Waals surface area contributed by atoms with E-state index in [0.717, 1.165) is 43.8 Å². The first-order valence-electron chi connectivity index (χ1n) is 10.9. The number of hydrogen-bond acceptors (Lipinski definition) is 6. The first-order valence-corrected chi connectivity index (χ1v) is 11.6. The van der Waals surface area contributed by atoms with Gasteiger partial charge in [0.25, 0.3) is 5.91 Å². The zero-order valence-electron chi connectivity index (χ0n) is 18.2. The minimum Gasteiger partial charge on any atom is -0.497 e. The number of benzene rings is 2. The molecule has 33 heavy (non-hydrogen) atoms.